The molecule has 0 aliphatic rings. The van der Waals surface area contributed by atoms with Gasteiger partial charge in [0.2, 0.25) is 0 Å². The average molecular weight is 180 g/mol. The third kappa shape index (κ3) is 8.21. The van der Waals surface area contributed by atoms with Gasteiger partial charge < -0.3 is 13.9 Å². The Kier molecular flexibility index (Phi) is 7.18. The van der Waals surface area contributed by atoms with E-state index in [-0.39, 0.29) is 6.10 Å². The van der Waals surface area contributed by atoms with Crippen molar-refractivity contribution in [2.45, 2.75) is 39.7 Å². The molecule has 1 unspecified atom stereocenters. The zero-order chi connectivity index (χ0) is 8.69. The molecule has 0 saturated carbocycles. The Labute approximate surface area is 69.7 Å². The Morgan fingerprint density at radius 2 is 2.09 bits per heavy atom. The molecule has 0 rings (SSSR count). The summed E-state index contributed by atoms with van der Waals surface area (Å²) >= 11 is 0. The number of hydrogen-bond acceptors (Lipinski definition) is 3. The van der Waals surface area contributed by atoms with Crippen LogP contribution < -0.4 is 0 Å². The van der Waals surface area contributed by atoms with Crippen molar-refractivity contribution >= 4 is 8.60 Å². The van der Waals surface area contributed by atoms with Crippen LogP contribution in [-0.4, -0.2) is 17.6 Å². The van der Waals surface area contributed by atoms with Crippen molar-refractivity contribution in [2.75, 3.05) is 6.61 Å². The number of hydrogen-bond donors (Lipinski definition) is 1. The van der Waals surface area contributed by atoms with Crippen molar-refractivity contribution in [1.82, 2.24) is 0 Å². The van der Waals surface area contributed by atoms with Gasteiger partial charge in [-0.1, -0.05) is 13.3 Å². The van der Waals surface area contributed by atoms with Crippen LogP contribution in [0.4, 0.5) is 0 Å². The summed E-state index contributed by atoms with van der Waals surface area (Å²) in [5.41, 5.74) is 0. The van der Waals surface area contributed by atoms with E-state index in [0.29, 0.717) is 6.61 Å². The quantitative estimate of drug-likeness (QED) is 0.504. The van der Waals surface area contributed by atoms with E-state index in [4.69, 9.17) is 13.9 Å². The molecule has 4 heteroatoms. The van der Waals surface area contributed by atoms with Crippen LogP contribution in [0.5, 0.6) is 0 Å². The van der Waals surface area contributed by atoms with E-state index in [1.54, 1.807) is 0 Å². The van der Waals surface area contributed by atoms with Gasteiger partial charge in [-0.3, -0.25) is 0 Å². The predicted octanol–water partition coefficient (Wildman–Crippen LogP) is 2.45. The van der Waals surface area contributed by atoms with Crippen LogP contribution in [0.1, 0.15) is 33.6 Å². The topological polar surface area (TPSA) is 38.7 Å². The maximum atomic E-state index is 9.07. The standard InChI is InChI=1S/C7H17O3P/c1-4-5-6-9-11(8)10-7(2)3/h7-8H,4-6H2,1-3H3. The molecule has 0 fully saturated rings. The third-order valence-electron chi connectivity index (χ3n) is 1.00. The van der Waals surface area contributed by atoms with Crippen molar-refractivity contribution < 1.29 is 13.9 Å². The van der Waals surface area contributed by atoms with Crippen LogP contribution in [0.3, 0.4) is 0 Å². The average Bonchev–Trinajstić information content (AvgIpc) is 1.86. The van der Waals surface area contributed by atoms with Crippen LogP contribution in [0.2, 0.25) is 0 Å². The lowest BCUT2D eigenvalue weighted by molar-refractivity contribution is 0.163. The zero-order valence-electron chi connectivity index (χ0n) is 7.41. The Hall–Kier alpha value is 0.310. The summed E-state index contributed by atoms with van der Waals surface area (Å²) in [6, 6.07) is 0. The molecule has 0 bridgehead atoms. The monoisotopic (exact) mass is 180 g/mol. The third-order valence-corrected chi connectivity index (χ3v) is 2.01. The first-order valence-electron chi connectivity index (χ1n) is 3.95. The fourth-order valence-electron chi connectivity index (χ4n) is 0.498. The maximum Gasteiger partial charge on any atom is 0.330 e. The minimum Gasteiger partial charge on any atom is -0.328 e. The molecule has 3 nitrogen and oxygen atoms in total. The fraction of sp³-hybridized carbons (Fsp3) is 1.00. The normalized spacial score (nSPS) is 13.9. The Morgan fingerprint density at radius 3 is 2.55 bits per heavy atom. The minimum atomic E-state index is -1.63. The highest BCUT2D eigenvalue weighted by molar-refractivity contribution is 7.40. The van der Waals surface area contributed by atoms with Gasteiger partial charge in [0, 0.05) is 0 Å². The fourth-order valence-corrected chi connectivity index (χ4v) is 1.20. The Balaban J connectivity index is 3.15. The molecular formula is C7H17O3P. The lowest BCUT2D eigenvalue weighted by Crippen LogP contribution is -1.99. The van der Waals surface area contributed by atoms with Crippen LogP contribution >= 0.6 is 8.60 Å². The van der Waals surface area contributed by atoms with Gasteiger partial charge in [-0.25, -0.2) is 0 Å². The molecule has 0 aromatic heterocycles. The van der Waals surface area contributed by atoms with Crippen molar-refractivity contribution in [3.8, 4) is 0 Å². The van der Waals surface area contributed by atoms with Crippen LogP contribution in [0, 0.1) is 0 Å². The van der Waals surface area contributed by atoms with Gasteiger partial charge in [0.05, 0.1) is 12.7 Å². The minimum absolute atomic E-state index is 0.0349. The first-order valence-corrected chi connectivity index (χ1v) is 5.08. The maximum absolute atomic E-state index is 9.07. The first-order chi connectivity index (χ1) is 5.16. The van der Waals surface area contributed by atoms with Crippen molar-refractivity contribution in [1.29, 1.82) is 0 Å². The van der Waals surface area contributed by atoms with Crippen molar-refractivity contribution in [3.05, 3.63) is 0 Å². The van der Waals surface area contributed by atoms with Gasteiger partial charge in [0.1, 0.15) is 0 Å². The van der Waals surface area contributed by atoms with E-state index in [1.807, 2.05) is 13.8 Å². The largest absolute Gasteiger partial charge is 0.330 e. The second-order valence-corrected chi connectivity index (χ2v) is 3.52. The van der Waals surface area contributed by atoms with E-state index in [9.17, 15) is 0 Å². The Bertz CT molecular complexity index is 87.8. The zero-order valence-corrected chi connectivity index (χ0v) is 8.30. The highest BCUT2D eigenvalue weighted by atomic mass is 31.2. The summed E-state index contributed by atoms with van der Waals surface area (Å²) in [7, 11) is -1.63. The molecule has 11 heavy (non-hydrogen) atoms. The van der Waals surface area contributed by atoms with Crippen LogP contribution in [0.25, 0.3) is 0 Å². The number of rotatable bonds is 6. The molecule has 0 aliphatic carbocycles. The summed E-state index contributed by atoms with van der Waals surface area (Å²) in [4.78, 5) is 9.07. The van der Waals surface area contributed by atoms with E-state index in [1.165, 1.54) is 0 Å². The van der Waals surface area contributed by atoms with E-state index in [0.717, 1.165) is 12.8 Å². The molecule has 0 aromatic rings. The SMILES string of the molecule is CCCCOP(O)OC(C)C. The lowest BCUT2D eigenvalue weighted by atomic mass is 10.4. The summed E-state index contributed by atoms with van der Waals surface area (Å²) in [6.45, 7) is 6.40. The van der Waals surface area contributed by atoms with Gasteiger partial charge in [0.15, 0.2) is 0 Å². The predicted molar refractivity (Wildman–Crippen MR) is 46.2 cm³/mol. The van der Waals surface area contributed by atoms with Gasteiger partial charge in [-0.15, -0.1) is 0 Å². The molecule has 0 aliphatic heterocycles. The van der Waals surface area contributed by atoms with Crippen molar-refractivity contribution in [2.24, 2.45) is 0 Å². The van der Waals surface area contributed by atoms with Gasteiger partial charge >= 0.3 is 8.60 Å². The molecule has 68 valence electrons. The van der Waals surface area contributed by atoms with Crippen LogP contribution in [-0.2, 0) is 9.05 Å². The van der Waals surface area contributed by atoms with E-state index >= 15 is 0 Å². The van der Waals surface area contributed by atoms with E-state index < -0.39 is 8.60 Å². The first kappa shape index (κ1) is 11.3. The summed E-state index contributed by atoms with van der Waals surface area (Å²) < 4.78 is 9.99. The smallest absolute Gasteiger partial charge is 0.328 e. The molecule has 1 N–H and O–H groups in total. The Morgan fingerprint density at radius 1 is 1.45 bits per heavy atom. The summed E-state index contributed by atoms with van der Waals surface area (Å²) in [5.74, 6) is 0. The summed E-state index contributed by atoms with van der Waals surface area (Å²) in [6.07, 6.45) is 2.08. The highest BCUT2D eigenvalue weighted by Gasteiger charge is 2.07. The molecule has 0 aromatic carbocycles. The lowest BCUT2D eigenvalue weighted by Gasteiger charge is -2.12. The highest BCUT2D eigenvalue weighted by Crippen LogP contribution is 2.34. The van der Waals surface area contributed by atoms with Crippen molar-refractivity contribution in [3.63, 3.8) is 0 Å². The molecule has 0 radical (unpaired) electrons. The number of unbranched alkanes of at least 4 members (excludes halogenated alkanes) is 1. The summed E-state index contributed by atoms with van der Waals surface area (Å²) in [5, 5.41) is 0. The molecule has 0 amide bonds. The van der Waals surface area contributed by atoms with E-state index in [2.05, 4.69) is 6.92 Å². The molecular weight excluding hydrogens is 163 g/mol. The van der Waals surface area contributed by atoms with Gasteiger partial charge in [-0.2, -0.15) is 0 Å². The van der Waals surface area contributed by atoms with Gasteiger partial charge in [-0.05, 0) is 20.3 Å². The molecule has 1 atom stereocenters. The molecule has 0 spiro atoms. The molecule has 0 saturated heterocycles. The molecule has 0 heterocycles. The van der Waals surface area contributed by atoms with Gasteiger partial charge in [0.25, 0.3) is 0 Å². The second kappa shape index (κ2) is 6.99. The van der Waals surface area contributed by atoms with Crippen LogP contribution in [0.15, 0.2) is 0 Å². The second-order valence-electron chi connectivity index (χ2n) is 2.58.